The van der Waals surface area contributed by atoms with Gasteiger partial charge in [-0.05, 0) is 63.9 Å². The molecule has 1 aliphatic rings. The van der Waals surface area contributed by atoms with Crippen molar-refractivity contribution in [1.29, 1.82) is 0 Å². The summed E-state index contributed by atoms with van der Waals surface area (Å²) in [7, 11) is 0. The zero-order valence-corrected chi connectivity index (χ0v) is 17.2. The average molecular weight is 388 g/mol. The first-order valence-corrected chi connectivity index (χ1v) is 10.6. The van der Waals surface area contributed by atoms with E-state index < -0.39 is 0 Å². The highest BCUT2D eigenvalue weighted by atomic mass is 32.1. The number of hydrogen-bond acceptors (Lipinski definition) is 5. The minimum absolute atomic E-state index is 0.0535. The van der Waals surface area contributed by atoms with Gasteiger partial charge in [-0.3, -0.25) is 9.69 Å². The van der Waals surface area contributed by atoms with E-state index in [2.05, 4.69) is 29.0 Å². The summed E-state index contributed by atoms with van der Waals surface area (Å²) < 4.78 is 5.78. The molecular weight excluding hydrogens is 358 g/mol. The molecule has 27 heavy (non-hydrogen) atoms. The zero-order chi connectivity index (χ0) is 19.2. The molecule has 1 aromatic heterocycles. The minimum atomic E-state index is -0.0535. The predicted molar refractivity (Wildman–Crippen MR) is 109 cm³/mol. The SMILES string of the molecule is Cc1nc(COc2cccc(C(=O)NCC(C)N3CCC(C)CC3)c2)cs1. The lowest BCUT2D eigenvalue weighted by Gasteiger charge is -2.35. The van der Waals surface area contributed by atoms with Gasteiger partial charge in [-0.1, -0.05) is 13.0 Å². The van der Waals surface area contributed by atoms with Crippen molar-refractivity contribution in [2.24, 2.45) is 5.92 Å². The van der Waals surface area contributed by atoms with Crippen LogP contribution in [0, 0.1) is 12.8 Å². The number of likely N-dealkylation sites (tertiary alicyclic amines) is 1. The molecule has 0 saturated carbocycles. The lowest BCUT2D eigenvalue weighted by atomic mass is 9.98. The van der Waals surface area contributed by atoms with Crippen LogP contribution in [0.1, 0.15) is 47.7 Å². The lowest BCUT2D eigenvalue weighted by Crippen LogP contribution is -2.45. The molecule has 5 nitrogen and oxygen atoms in total. The monoisotopic (exact) mass is 387 g/mol. The topological polar surface area (TPSA) is 54.5 Å². The first kappa shape index (κ1) is 19.8. The Morgan fingerprint density at radius 1 is 1.41 bits per heavy atom. The van der Waals surface area contributed by atoms with Crippen molar-refractivity contribution in [3.05, 3.63) is 45.9 Å². The van der Waals surface area contributed by atoms with Gasteiger partial charge in [0.2, 0.25) is 0 Å². The van der Waals surface area contributed by atoms with E-state index in [0.29, 0.717) is 30.5 Å². The van der Waals surface area contributed by atoms with E-state index in [1.807, 2.05) is 30.5 Å². The number of ether oxygens (including phenoxy) is 1. The third-order valence-corrected chi connectivity index (χ3v) is 5.97. The van der Waals surface area contributed by atoms with E-state index in [9.17, 15) is 4.79 Å². The zero-order valence-electron chi connectivity index (χ0n) is 16.4. The van der Waals surface area contributed by atoms with E-state index >= 15 is 0 Å². The summed E-state index contributed by atoms with van der Waals surface area (Å²) in [6.45, 7) is 9.80. The van der Waals surface area contributed by atoms with Crippen LogP contribution in [-0.2, 0) is 6.61 Å². The van der Waals surface area contributed by atoms with Gasteiger partial charge < -0.3 is 10.1 Å². The molecule has 2 heterocycles. The number of thiazole rings is 1. The van der Waals surface area contributed by atoms with E-state index in [1.54, 1.807) is 17.4 Å². The molecule has 1 unspecified atom stereocenters. The summed E-state index contributed by atoms with van der Waals surface area (Å²) in [5.41, 5.74) is 1.54. The van der Waals surface area contributed by atoms with Gasteiger partial charge in [-0.25, -0.2) is 4.98 Å². The summed E-state index contributed by atoms with van der Waals surface area (Å²) in [6, 6.07) is 7.69. The normalized spacial score (nSPS) is 16.9. The Labute approximate surface area is 165 Å². The molecular formula is C21H29N3O2S. The van der Waals surface area contributed by atoms with Crippen molar-refractivity contribution in [1.82, 2.24) is 15.2 Å². The smallest absolute Gasteiger partial charge is 0.251 e. The summed E-state index contributed by atoms with van der Waals surface area (Å²) >= 11 is 1.61. The Balaban J connectivity index is 1.49. The van der Waals surface area contributed by atoms with Crippen molar-refractivity contribution in [2.75, 3.05) is 19.6 Å². The number of carbonyl (C=O) groups is 1. The molecule has 0 spiro atoms. The molecule has 0 aliphatic carbocycles. The summed E-state index contributed by atoms with van der Waals surface area (Å²) in [6.07, 6.45) is 2.49. The van der Waals surface area contributed by atoms with Gasteiger partial charge in [0, 0.05) is 23.5 Å². The molecule has 0 radical (unpaired) electrons. The molecule has 1 amide bonds. The Hall–Kier alpha value is -1.92. The van der Waals surface area contributed by atoms with Crippen LogP contribution >= 0.6 is 11.3 Å². The average Bonchev–Trinajstić information content (AvgIpc) is 3.10. The second kappa shape index (κ2) is 9.33. The maximum atomic E-state index is 12.5. The van der Waals surface area contributed by atoms with Gasteiger partial charge >= 0.3 is 0 Å². The fourth-order valence-corrected chi connectivity index (χ4v) is 3.90. The first-order chi connectivity index (χ1) is 13.0. The van der Waals surface area contributed by atoms with Gasteiger partial charge in [-0.2, -0.15) is 0 Å². The number of rotatable bonds is 7. The highest BCUT2D eigenvalue weighted by Crippen LogP contribution is 2.18. The van der Waals surface area contributed by atoms with E-state index in [4.69, 9.17) is 4.74 Å². The van der Waals surface area contributed by atoms with Crippen LogP contribution in [0.3, 0.4) is 0 Å². The second-order valence-corrected chi connectivity index (χ2v) is 8.51. The highest BCUT2D eigenvalue weighted by Gasteiger charge is 2.20. The fraction of sp³-hybridized carbons (Fsp3) is 0.524. The Kier molecular flexibility index (Phi) is 6.85. The second-order valence-electron chi connectivity index (χ2n) is 7.45. The number of benzene rings is 1. The molecule has 1 saturated heterocycles. The molecule has 3 rings (SSSR count). The molecule has 146 valence electrons. The first-order valence-electron chi connectivity index (χ1n) is 9.67. The minimum Gasteiger partial charge on any atom is -0.487 e. The number of aromatic nitrogens is 1. The molecule has 2 aromatic rings. The maximum Gasteiger partial charge on any atom is 0.251 e. The third kappa shape index (κ3) is 5.78. The molecule has 1 aliphatic heterocycles. The Morgan fingerprint density at radius 3 is 2.89 bits per heavy atom. The van der Waals surface area contributed by atoms with Crippen LogP contribution < -0.4 is 10.1 Å². The third-order valence-electron chi connectivity index (χ3n) is 5.15. The number of amides is 1. The van der Waals surface area contributed by atoms with Gasteiger partial charge in [-0.15, -0.1) is 11.3 Å². The number of nitrogens with one attached hydrogen (secondary N) is 1. The van der Waals surface area contributed by atoms with Crippen LogP contribution in [0.4, 0.5) is 0 Å². The molecule has 1 aromatic carbocycles. The van der Waals surface area contributed by atoms with Crippen molar-refractivity contribution in [3.63, 3.8) is 0 Å². The summed E-state index contributed by atoms with van der Waals surface area (Å²) in [5.74, 6) is 1.45. The van der Waals surface area contributed by atoms with Crippen LogP contribution in [0.5, 0.6) is 5.75 Å². The molecule has 6 heteroatoms. The Morgan fingerprint density at radius 2 is 2.19 bits per heavy atom. The number of nitrogens with zero attached hydrogens (tertiary/aromatic N) is 2. The van der Waals surface area contributed by atoms with Crippen LogP contribution in [0.25, 0.3) is 0 Å². The Bertz CT molecular complexity index is 753. The van der Waals surface area contributed by atoms with Crippen LogP contribution in [0.15, 0.2) is 29.6 Å². The fourth-order valence-electron chi connectivity index (χ4n) is 3.30. The quantitative estimate of drug-likeness (QED) is 0.783. The highest BCUT2D eigenvalue weighted by molar-refractivity contribution is 7.09. The van der Waals surface area contributed by atoms with Crippen LogP contribution in [-0.4, -0.2) is 41.5 Å². The standard InChI is InChI=1S/C21H29N3O2S/c1-15-7-9-24(10-8-15)16(2)12-22-21(25)18-5-4-6-20(11-18)26-13-19-14-27-17(3)23-19/h4-6,11,14-16H,7-10,12-13H2,1-3H3,(H,22,25). The lowest BCUT2D eigenvalue weighted by molar-refractivity contribution is 0.0921. The van der Waals surface area contributed by atoms with Crippen LogP contribution in [0.2, 0.25) is 0 Å². The van der Waals surface area contributed by atoms with Gasteiger partial charge in [0.1, 0.15) is 12.4 Å². The van der Waals surface area contributed by atoms with Crippen molar-refractivity contribution < 1.29 is 9.53 Å². The molecule has 0 bridgehead atoms. The molecule has 1 N–H and O–H groups in total. The molecule has 1 fully saturated rings. The maximum absolute atomic E-state index is 12.5. The number of carbonyl (C=O) groups excluding carboxylic acids is 1. The summed E-state index contributed by atoms with van der Waals surface area (Å²) in [4.78, 5) is 19.4. The largest absolute Gasteiger partial charge is 0.487 e. The summed E-state index contributed by atoms with van der Waals surface area (Å²) in [5, 5.41) is 6.09. The van der Waals surface area contributed by atoms with E-state index in [1.165, 1.54) is 12.8 Å². The van der Waals surface area contributed by atoms with E-state index in [0.717, 1.165) is 29.7 Å². The van der Waals surface area contributed by atoms with Crippen molar-refractivity contribution in [3.8, 4) is 5.75 Å². The number of hydrogen-bond donors (Lipinski definition) is 1. The number of piperidine rings is 1. The van der Waals surface area contributed by atoms with Gasteiger partial charge in [0.15, 0.2) is 0 Å². The van der Waals surface area contributed by atoms with Crippen molar-refractivity contribution in [2.45, 2.75) is 46.3 Å². The van der Waals surface area contributed by atoms with Gasteiger partial charge in [0.05, 0.1) is 10.7 Å². The van der Waals surface area contributed by atoms with Gasteiger partial charge in [0.25, 0.3) is 5.91 Å². The van der Waals surface area contributed by atoms with Crippen molar-refractivity contribution >= 4 is 17.2 Å². The van der Waals surface area contributed by atoms with E-state index in [-0.39, 0.29) is 5.91 Å². The molecule has 1 atom stereocenters. The predicted octanol–water partition coefficient (Wildman–Crippen LogP) is 3.88. The number of aryl methyl sites for hydroxylation is 1.